The lowest BCUT2D eigenvalue weighted by molar-refractivity contribution is -0.245. The van der Waals surface area contributed by atoms with Crippen LogP contribution < -0.4 is 0 Å². The number of ether oxygens (including phenoxy) is 2. The molecular formula is C10H18O7. The van der Waals surface area contributed by atoms with Crippen molar-refractivity contribution < 1.29 is 34.3 Å². The van der Waals surface area contributed by atoms with Gasteiger partial charge in [-0.1, -0.05) is 0 Å². The second-order valence-corrected chi connectivity index (χ2v) is 3.29. The monoisotopic (exact) mass is 250 g/mol. The van der Waals surface area contributed by atoms with Gasteiger partial charge in [-0.2, -0.15) is 0 Å². The molecule has 0 aromatic rings. The lowest BCUT2D eigenvalue weighted by Gasteiger charge is -2.04. The van der Waals surface area contributed by atoms with Crippen LogP contribution in [0.25, 0.3) is 0 Å². The van der Waals surface area contributed by atoms with E-state index >= 15 is 0 Å². The second-order valence-electron chi connectivity index (χ2n) is 3.29. The Bertz CT molecular complexity index is 217. The molecule has 0 aliphatic rings. The van der Waals surface area contributed by atoms with Crippen LogP contribution in [0.1, 0.15) is 25.7 Å². The number of esters is 2. The van der Waals surface area contributed by atoms with Crippen LogP contribution in [0.5, 0.6) is 0 Å². The number of unbranched alkanes of at least 4 members (excludes halogenated alkanes) is 3. The van der Waals surface area contributed by atoms with Gasteiger partial charge in [0.05, 0.1) is 13.2 Å². The summed E-state index contributed by atoms with van der Waals surface area (Å²) >= 11 is 0. The fraction of sp³-hybridized carbons (Fsp3) is 0.800. The van der Waals surface area contributed by atoms with E-state index < -0.39 is 25.2 Å². The van der Waals surface area contributed by atoms with Crippen LogP contribution in [0.15, 0.2) is 0 Å². The highest BCUT2D eigenvalue weighted by atomic mass is 17.1. The molecule has 0 aromatic carbocycles. The van der Waals surface area contributed by atoms with E-state index in [0.29, 0.717) is 12.8 Å². The maximum atomic E-state index is 10.7. The van der Waals surface area contributed by atoms with Crippen LogP contribution in [0.4, 0.5) is 0 Å². The molecule has 0 bridgehead atoms. The van der Waals surface area contributed by atoms with E-state index in [1.807, 2.05) is 0 Å². The molecule has 0 rings (SSSR count). The zero-order valence-corrected chi connectivity index (χ0v) is 9.59. The topological polar surface area (TPSA) is 102 Å². The van der Waals surface area contributed by atoms with Crippen LogP contribution in [-0.2, 0) is 24.0 Å². The van der Waals surface area contributed by atoms with Crippen LogP contribution in [0, 0.1) is 0 Å². The normalized spacial score (nSPS) is 10.0. The fourth-order valence-corrected chi connectivity index (χ4v) is 1.07. The number of aliphatic hydroxyl groups excluding tert-OH is 1. The van der Waals surface area contributed by atoms with Crippen LogP contribution in [-0.4, -0.2) is 48.7 Å². The highest BCUT2D eigenvalue weighted by Gasteiger charge is 2.02. The van der Waals surface area contributed by atoms with E-state index in [-0.39, 0.29) is 13.2 Å². The SMILES string of the molecule is O=C(CO)OCCCCCCOC(=O)COO. The molecule has 0 unspecified atom stereocenters. The maximum absolute atomic E-state index is 10.7. The Balaban J connectivity index is 3.13. The Labute approximate surface area is 99.2 Å². The minimum Gasteiger partial charge on any atom is -0.464 e. The van der Waals surface area contributed by atoms with Crippen molar-refractivity contribution in [3.05, 3.63) is 0 Å². The summed E-state index contributed by atoms with van der Waals surface area (Å²) in [7, 11) is 0. The first-order valence-corrected chi connectivity index (χ1v) is 5.39. The molecule has 0 atom stereocenters. The Morgan fingerprint density at radius 1 is 0.882 bits per heavy atom. The zero-order chi connectivity index (χ0) is 12.9. The van der Waals surface area contributed by atoms with Crippen molar-refractivity contribution in [1.82, 2.24) is 0 Å². The first-order chi connectivity index (χ1) is 8.20. The number of rotatable bonds is 10. The summed E-state index contributed by atoms with van der Waals surface area (Å²) in [4.78, 5) is 24.8. The van der Waals surface area contributed by atoms with Gasteiger partial charge < -0.3 is 14.6 Å². The third kappa shape index (κ3) is 11.1. The van der Waals surface area contributed by atoms with Crippen molar-refractivity contribution in [3.8, 4) is 0 Å². The van der Waals surface area contributed by atoms with Crippen molar-refractivity contribution in [2.75, 3.05) is 26.4 Å². The van der Waals surface area contributed by atoms with Crippen molar-refractivity contribution in [1.29, 1.82) is 0 Å². The lowest BCUT2D eigenvalue weighted by atomic mass is 10.2. The van der Waals surface area contributed by atoms with Gasteiger partial charge >= 0.3 is 11.9 Å². The summed E-state index contributed by atoms with van der Waals surface area (Å²) in [6, 6.07) is 0. The molecule has 0 aliphatic heterocycles. The van der Waals surface area contributed by atoms with E-state index in [2.05, 4.69) is 9.62 Å². The third-order valence-corrected chi connectivity index (χ3v) is 1.88. The molecule has 0 aliphatic carbocycles. The van der Waals surface area contributed by atoms with E-state index in [1.165, 1.54) is 0 Å². The van der Waals surface area contributed by atoms with Gasteiger partial charge in [0.15, 0.2) is 6.61 Å². The molecule has 2 N–H and O–H groups in total. The Morgan fingerprint density at radius 3 is 1.88 bits per heavy atom. The predicted molar refractivity (Wildman–Crippen MR) is 56.1 cm³/mol. The Morgan fingerprint density at radius 2 is 1.41 bits per heavy atom. The van der Waals surface area contributed by atoms with E-state index in [4.69, 9.17) is 15.1 Å². The first-order valence-electron chi connectivity index (χ1n) is 5.39. The van der Waals surface area contributed by atoms with Gasteiger partial charge in [0.2, 0.25) is 0 Å². The number of hydrogen-bond acceptors (Lipinski definition) is 7. The van der Waals surface area contributed by atoms with Crippen LogP contribution in [0.2, 0.25) is 0 Å². The van der Waals surface area contributed by atoms with Gasteiger partial charge in [0.25, 0.3) is 0 Å². The highest BCUT2D eigenvalue weighted by molar-refractivity contribution is 5.70. The molecule has 0 amide bonds. The third-order valence-electron chi connectivity index (χ3n) is 1.88. The van der Waals surface area contributed by atoms with Gasteiger partial charge in [-0.3, -0.25) is 5.26 Å². The van der Waals surface area contributed by atoms with Gasteiger partial charge in [-0.25, -0.2) is 14.5 Å². The molecule has 7 nitrogen and oxygen atoms in total. The van der Waals surface area contributed by atoms with Crippen LogP contribution in [0.3, 0.4) is 0 Å². The molecule has 0 radical (unpaired) electrons. The second kappa shape index (κ2) is 11.3. The van der Waals surface area contributed by atoms with Crippen LogP contribution >= 0.6 is 0 Å². The molecule has 0 aromatic heterocycles. The van der Waals surface area contributed by atoms with E-state index in [0.717, 1.165) is 12.8 Å². The first kappa shape index (κ1) is 15.8. The van der Waals surface area contributed by atoms with E-state index in [9.17, 15) is 9.59 Å². The maximum Gasteiger partial charge on any atom is 0.335 e. The van der Waals surface area contributed by atoms with Crippen molar-refractivity contribution in [2.24, 2.45) is 0 Å². The lowest BCUT2D eigenvalue weighted by Crippen LogP contribution is -2.12. The summed E-state index contributed by atoms with van der Waals surface area (Å²) in [6.07, 6.45) is 3.08. The largest absolute Gasteiger partial charge is 0.464 e. The quantitative estimate of drug-likeness (QED) is 0.245. The summed E-state index contributed by atoms with van der Waals surface area (Å²) in [5.41, 5.74) is 0. The summed E-state index contributed by atoms with van der Waals surface area (Å²) in [5.74, 6) is -1.23. The van der Waals surface area contributed by atoms with Gasteiger partial charge in [-0.05, 0) is 25.7 Å². The smallest absolute Gasteiger partial charge is 0.335 e. The number of aliphatic hydroxyl groups is 1. The van der Waals surface area contributed by atoms with Gasteiger partial charge in [-0.15, -0.1) is 0 Å². The molecule has 7 heteroatoms. The average Bonchev–Trinajstić information content (AvgIpc) is 2.32. The minimum atomic E-state index is -0.622. The Kier molecular flexibility index (Phi) is 10.5. The zero-order valence-electron chi connectivity index (χ0n) is 9.59. The fourth-order valence-electron chi connectivity index (χ4n) is 1.07. The molecule has 0 fully saturated rings. The van der Waals surface area contributed by atoms with Crippen molar-refractivity contribution in [2.45, 2.75) is 25.7 Å². The molecular weight excluding hydrogens is 232 g/mol. The standard InChI is InChI=1S/C10H18O7/c11-7-9(12)15-5-3-1-2-4-6-16-10(13)8-17-14/h11,14H,1-8H2. The predicted octanol–water partition coefficient (Wildman–Crippen LogP) is 0.115. The van der Waals surface area contributed by atoms with E-state index in [1.54, 1.807) is 0 Å². The average molecular weight is 250 g/mol. The highest BCUT2D eigenvalue weighted by Crippen LogP contribution is 2.00. The molecule has 17 heavy (non-hydrogen) atoms. The summed E-state index contributed by atoms with van der Waals surface area (Å²) in [6.45, 7) is -0.490. The molecule has 0 spiro atoms. The molecule has 0 saturated heterocycles. The van der Waals surface area contributed by atoms with Gasteiger partial charge in [0.1, 0.15) is 6.61 Å². The van der Waals surface area contributed by atoms with Crippen molar-refractivity contribution >= 4 is 11.9 Å². The molecule has 0 heterocycles. The summed E-state index contributed by atoms with van der Waals surface area (Å²) < 4.78 is 9.35. The number of hydrogen-bond donors (Lipinski definition) is 2. The molecule has 0 saturated carbocycles. The number of carbonyl (C=O) groups is 2. The number of carbonyl (C=O) groups excluding carboxylic acids is 2. The van der Waals surface area contributed by atoms with Crippen molar-refractivity contribution in [3.63, 3.8) is 0 Å². The summed E-state index contributed by atoms with van der Waals surface area (Å²) in [5, 5.41) is 16.3. The Hall–Kier alpha value is -1.18. The minimum absolute atomic E-state index is 0.276. The van der Waals surface area contributed by atoms with Gasteiger partial charge in [0, 0.05) is 0 Å². The molecule has 100 valence electrons.